The van der Waals surface area contributed by atoms with Crippen molar-refractivity contribution in [1.29, 1.82) is 0 Å². The van der Waals surface area contributed by atoms with Gasteiger partial charge in [-0.25, -0.2) is 4.98 Å². The quantitative estimate of drug-likeness (QED) is 0.872. The van der Waals surface area contributed by atoms with Gasteiger partial charge in [0.05, 0.1) is 12.3 Å². The molecule has 5 heteroatoms. The van der Waals surface area contributed by atoms with E-state index in [0.717, 1.165) is 49.7 Å². The summed E-state index contributed by atoms with van der Waals surface area (Å²) < 4.78 is 7.70. The van der Waals surface area contributed by atoms with E-state index in [1.165, 1.54) is 0 Å². The van der Waals surface area contributed by atoms with Gasteiger partial charge in [0.2, 0.25) is 5.91 Å². The molecule has 1 atom stereocenters. The number of hydrogen-bond acceptors (Lipinski definition) is 3. The number of amides is 1. The van der Waals surface area contributed by atoms with Crippen LogP contribution in [0.4, 0.5) is 0 Å². The second kappa shape index (κ2) is 6.06. The summed E-state index contributed by atoms with van der Waals surface area (Å²) in [6.07, 6.45) is 6.45. The predicted molar refractivity (Wildman–Crippen MR) is 90.8 cm³/mol. The minimum atomic E-state index is 0.174. The first kappa shape index (κ1) is 15.4. The number of piperidine rings is 1. The highest BCUT2D eigenvalue weighted by molar-refractivity contribution is 5.77. The largest absolute Gasteiger partial charge is 0.381 e. The number of carbonyl (C=O) groups excluding carboxylic acids is 1. The normalized spacial score (nSPS) is 24.0. The molecule has 2 aliphatic rings. The number of benzene rings is 1. The fourth-order valence-corrected chi connectivity index (χ4v) is 3.94. The number of ether oxygens (including phenoxy) is 1. The number of aryl methyl sites for hydroxylation is 1. The second-order valence-corrected chi connectivity index (χ2v) is 7.03. The molecule has 0 saturated carbocycles. The first-order chi connectivity index (χ1) is 11.7. The van der Waals surface area contributed by atoms with Crippen LogP contribution in [-0.4, -0.2) is 40.1 Å². The van der Waals surface area contributed by atoms with Gasteiger partial charge in [0.25, 0.3) is 0 Å². The third-order valence-electron chi connectivity index (χ3n) is 5.37. The lowest BCUT2D eigenvalue weighted by Crippen LogP contribution is -2.46. The van der Waals surface area contributed by atoms with Crippen molar-refractivity contribution >= 4 is 5.91 Å². The fourth-order valence-electron chi connectivity index (χ4n) is 3.94. The smallest absolute Gasteiger partial charge is 0.222 e. The summed E-state index contributed by atoms with van der Waals surface area (Å²) in [5.74, 6) is 1.21. The summed E-state index contributed by atoms with van der Waals surface area (Å²) in [5.41, 5.74) is 2.43. The third kappa shape index (κ3) is 2.73. The van der Waals surface area contributed by atoms with Crippen LogP contribution in [0.1, 0.15) is 30.7 Å². The van der Waals surface area contributed by atoms with E-state index in [-0.39, 0.29) is 11.3 Å². The van der Waals surface area contributed by atoms with E-state index >= 15 is 0 Å². The summed E-state index contributed by atoms with van der Waals surface area (Å²) in [7, 11) is 0. The molecule has 0 aliphatic carbocycles. The van der Waals surface area contributed by atoms with Gasteiger partial charge in [-0.3, -0.25) is 4.79 Å². The topological polar surface area (TPSA) is 47.4 Å². The van der Waals surface area contributed by atoms with E-state index in [9.17, 15) is 4.79 Å². The van der Waals surface area contributed by atoms with E-state index in [1.807, 2.05) is 36.4 Å². The van der Waals surface area contributed by atoms with Crippen molar-refractivity contribution in [3.8, 4) is 5.69 Å². The highest BCUT2D eigenvalue weighted by Crippen LogP contribution is 2.38. The molecule has 24 heavy (non-hydrogen) atoms. The van der Waals surface area contributed by atoms with Gasteiger partial charge in [0.1, 0.15) is 5.82 Å². The number of hydrogen-bond donors (Lipinski definition) is 0. The van der Waals surface area contributed by atoms with E-state index in [0.29, 0.717) is 13.0 Å². The molecule has 2 fully saturated rings. The van der Waals surface area contributed by atoms with Crippen LogP contribution in [0.25, 0.3) is 5.69 Å². The van der Waals surface area contributed by atoms with Gasteiger partial charge >= 0.3 is 0 Å². The molecule has 2 saturated heterocycles. The molecule has 3 heterocycles. The lowest BCUT2D eigenvalue weighted by atomic mass is 9.79. The van der Waals surface area contributed by atoms with Crippen LogP contribution in [0.15, 0.2) is 36.7 Å². The Morgan fingerprint density at radius 2 is 2.17 bits per heavy atom. The van der Waals surface area contributed by atoms with Crippen LogP contribution in [0.3, 0.4) is 0 Å². The number of rotatable bonds is 3. The van der Waals surface area contributed by atoms with Gasteiger partial charge in [0.15, 0.2) is 0 Å². The van der Waals surface area contributed by atoms with Crippen molar-refractivity contribution in [3.05, 3.63) is 48.0 Å². The molecule has 1 amide bonds. The van der Waals surface area contributed by atoms with Crippen LogP contribution >= 0.6 is 0 Å². The maximum Gasteiger partial charge on any atom is 0.222 e. The van der Waals surface area contributed by atoms with Gasteiger partial charge in [-0.05, 0) is 31.4 Å². The van der Waals surface area contributed by atoms with Crippen molar-refractivity contribution < 1.29 is 9.53 Å². The highest BCUT2D eigenvalue weighted by atomic mass is 16.5. The van der Waals surface area contributed by atoms with Gasteiger partial charge in [0, 0.05) is 43.9 Å². The minimum Gasteiger partial charge on any atom is -0.381 e. The maximum absolute atomic E-state index is 12.5. The van der Waals surface area contributed by atoms with Gasteiger partial charge in [-0.2, -0.15) is 0 Å². The summed E-state index contributed by atoms with van der Waals surface area (Å²) in [6.45, 7) is 5.07. The minimum absolute atomic E-state index is 0.174. The molecule has 126 valence electrons. The molecule has 1 aromatic carbocycles. The standard InChI is InChI=1S/C19H23N3O2/c1-15-20-9-10-22(15)17-5-3-2-4-16(17)12-21-13-19(7-6-18(21)23)8-11-24-14-19/h2-5,9-10H,6-8,11-14H2,1H3/t19-/m1/s1. The molecule has 2 aromatic rings. The summed E-state index contributed by atoms with van der Waals surface area (Å²) >= 11 is 0. The Hall–Kier alpha value is -2.14. The molecule has 0 N–H and O–H groups in total. The zero-order chi connectivity index (χ0) is 16.6. The molecule has 2 aliphatic heterocycles. The SMILES string of the molecule is Cc1nccn1-c1ccccc1CN1C[C@]2(CCOC2)CCC1=O. The Kier molecular flexibility index (Phi) is 3.88. The number of para-hydroxylation sites is 1. The van der Waals surface area contributed by atoms with E-state index < -0.39 is 0 Å². The molecular weight excluding hydrogens is 302 g/mol. The monoisotopic (exact) mass is 325 g/mol. The lowest BCUT2D eigenvalue weighted by molar-refractivity contribution is -0.138. The van der Waals surface area contributed by atoms with E-state index in [1.54, 1.807) is 0 Å². The molecule has 4 rings (SSSR count). The van der Waals surface area contributed by atoms with Gasteiger partial charge in [-0.1, -0.05) is 18.2 Å². The Labute approximate surface area is 142 Å². The zero-order valence-corrected chi connectivity index (χ0v) is 14.1. The second-order valence-electron chi connectivity index (χ2n) is 7.03. The molecule has 1 spiro atoms. The number of aromatic nitrogens is 2. The summed E-state index contributed by atoms with van der Waals surface area (Å²) in [6, 6.07) is 8.26. The number of carbonyl (C=O) groups is 1. The van der Waals surface area contributed by atoms with E-state index in [4.69, 9.17) is 4.74 Å². The van der Waals surface area contributed by atoms with Gasteiger partial charge in [-0.15, -0.1) is 0 Å². The van der Waals surface area contributed by atoms with Crippen LogP contribution in [0.2, 0.25) is 0 Å². The van der Waals surface area contributed by atoms with Crippen molar-refractivity contribution in [3.63, 3.8) is 0 Å². The molecule has 5 nitrogen and oxygen atoms in total. The molecule has 1 aromatic heterocycles. The first-order valence-electron chi connectivity index (χ1n) is 8.61. The van der Waals surface area contributed by atoms with Crippen molar-refractivity contribution in [1.82, 2.24) is 14.5 Å². The van der Waals surface area contributed by atoms with Crippen molar-refractivity contribution in [2.75, 3.05) is 19.8 Å². The molecule has 0 unspecified atom stereocenters. The average Bonchev–Trinajstić information content (AvgIpc) is 3.21. The Balaban J connectivity index is 1.61. The maximum atomic E-state index is 12.5. The Morgan fingerprint density at radius 3 is 2.92 bits per heavy atom. The highest BCUT2D eigenvalue weighted by Gasteiger charge is 2.41. The molecule has 0 radical (unpaired) electrons. The van der Waals surface area contributed by atoms with Crippen LogP contribution in [0, 0.1) is 12.3 Å². The Bertz CT molecular complexity index is 747. The fraction of sp³-hybridized carbons (Fsp3) is 0.474. The summed E-state index contributed by atoms with van der Waals surface area (Å²) in [4.78, 5) is 18.8. The van der Waals surface area contributed by atoms with Crippen LogP contribution in [0.5, 0.6) is 0 Å². The van der Waals surface area contributed by atoms with Gasteiger partial charge < -0.3 is 14.2 Å². The number of imidazole rings is 1. The first-order valence-corrected chi connectivity index (χ1v) is 8.61. The molecular formula is C19H23N3O2. The average molecular weight is 325 g/mol. The lowest BCUT2D eigenvalue weighted by Gasteiger charge is -2.39. The van der Waals surface area contributed by atoms with Crippen molar-refractivity contribution in [2.45, 2.75) is 32.7 Å². The van der Waals surface area contributed by atoms with Crippen LogP contribution in [-0.2, 0) is 16.1 Å². The van der Waals surface area contributed by atoms with E-state index in [2.05, 4.69) is 21.7 Å². The zero-order valence-electron chi connectivity index (χ0n) is 14.1. The predicted octanol–water partition coefficient (Wildman–Crippen LogP) is 2.71. The number of nitrogens with zero attached hydrogens (tertiary/aromatic N) is 3. The summed E-state index contributed by atoms with van der Waals surface area (Å²) in [5, 5.41) is 0. The third-order valence-corrected chi connectivity index (χ3v) is 5.37. The van der Waals surface area contributed by atoms with Crippen LogP contribution < -0.4 is 0 Å². The number of likely N-dealkylation sites (tertiary alicyclic amines) is 1. The van der Waals surface area contributed by atoms with Crippen molar-refractivity contribution in [2.24, 2.45) is 5.41 Å². The molecule has 0 bridgehead atoms. The Morgan fingerprint density at radius 1 is 1.29 bits per heavy atom.